The van der Waals surface area contributed by atoms with E-state index in [2.05, 4.69) is 0 Å². The summed E-state index contributed by atoms with van der Waals surface area (Å²) >= 11 is 0. The fourth-order valence-corrected chi connectivity index (χ4v) is 8.53. The fraction of sp³-hybridized carbons (Fsp3) is 0.304. The van der Waals surface area contributed by atoms with Crippen molar-refractivity contribution in [2.24, 2.45) is 5.92 Å². The normalized spacial score (nSPS) is 23.8. The summed E-state index contributed by atoms with van der Waals surface area (Å²) in [7, 11) is 1.31. The Labute approximate surface area is 416 Å². The smallest absolute Gasteiger partial charge is 0.338 e. The number of hydrogen-bond acceptors (Lipinski definition) is 15. The predicted molar refractivity (Wildman–Crippen MR) is 259 cm³/mol. The van der Waals surface area contributed by atoms with E-state index in [1.807, 2.05) is 91.0 Å². The van der Waals surface area contributed by atoms with Gasteiger partial charge in [-0.1, -0.05) is 146 Å². The molecule has 10 atom stereocenters. The van der Waals surface area contributed by atoms with Crippen molar-refractivity contribution in [3.63, 3.8) is 0 Å². The van der Waals surface area contributed by atoms with Gasteiger partial charge in [0.05, 0.1) is 49.7 Å². The Morgan fingerprint density at radius 2 is 0.847 bits per heavy atom. The van der Waals surface area contributed by atoms with Gasteiger partial charge in [-0.15, -0.1) is 0 Å². The molecule has 16 nitrogen and oxygen atoms in total. The second kappa shape index (κ2) is 25.8. The average molecular weight is 982 g/mol. The van der Waals surface area contributed by atoms with Gasteiger partial charge in [0.1, 0.15) is 30.3 Å². The van der Waals surface area contributed by atoms with Gasteiger partial charge in [0.25, 0.3) is 0 Å². The Kier molecular flexibility index (Phi) is 18.4. The number of ether oxygens (including phenoxy) is 10. The van der Waals surface area contributed by atoms with E-state index in [-0.39, 0.29) is 43.1 Å². The van der Waals surface area contributed by atoms with Crippen LogP contribution in [-0.2, 0) is 67.2 Å². The summed E-state index contributed by atoms with van der Waals surface area (Å²) in [6.07, 6.45) is -11.7. The quantitative estimate of drug-likeness (QED) is 0.0275. The van der Waals surface area contributed by atoms with Gasteiger partial charge in [-0.25, -0.2) is 14.4 Å². The van der Waals surface area contributed by atoms with Gasteiger partial charge in [0, 0.05) is 12.0 Å². The Balaban J connectivity index is 1.15. The average Bonchev–Trinajstić information content (AvgIpc) is 3.42. The Morgan fingerprint density at radius 3 is 1.31 bits per heavy atom. The van der Waals surface area contributed by atoms with Crippen molar-refractivity contribution in [3.8, 4) is 0 Å². The van der Waals surface area contributed by atoms with Crippen molar-refractivity contribution < 1.29 is 66.7 Å². The largest absolute Gasteiger partial charge is 0.452 e. The number of hydrogen-bond donors (Lipinski definition) is 0. The summed E-state index contributed by atoms with van der Waals surface area (Å²) < 4.78 is 63.6. The Bertz CT molecular complexity index is 2610. The molecule has 6 aromatic carbocycles. The van der Waals surface area contributed by atoms with Crippen molar-refractivity contribution in [1.29, 1.82) is 0 Å². The lowest BCUT2D eigenvalue weighted by Crippen LogP contribution is -2.64. The van der Waals surface area contributed by atoms with E-state index in [9.17, 15) is 24.5 Å². The first-order chi connectivity index (χ1) is 35.2. The number of rotatable bonds is 22. The highest BCUT2D eigenvalue weighted by atomic mass is 16.7. The molecule has 0 saturated carbocycles. The fourth-order valence-electron chi connectivity index (χ4n) is 8.53. The summed E-state index contributed by atoms with van der Waals surface area (Å²) in [5.41, 5.74) is 3.03. The number of nitro groups is 1. The molecule has 0 spiro atoms. The molecule has 2 heterocycles. The number of carbonyl (C=O) groups excluding carboxylic acids is 3. The number of esters is 3. The zero-order valence-corrected chi connectivity index (χ0v) is 39.4. The third-order valence-corrected chi connectivity index (χ3v) is 12.1. The zero-order valence-electron chi connectivity index (χ0n) is 39.4. The Hall–Kier alpha value is -7.15. The summed E-state index contributed by atoms with van der Waals surface area (Å²) in [5, 5.41) is 12.7. The van der Waals surface area contributed by atoms with E-state index < -0.39 is 97.2 Å². The maximum atomic E-state index is 14.1. The van der Waals surface area contributed by atoms with Gasteiger partial charge in [-0.05, 0) is 53.1 Å². The van der Waals surface area contributed by atoms with Gasteiger partial charge in [-0.3, -0.25) is 10.1 Å². The Morgan fingerprint density at radius 1 is 0.458 bits per heavy atom. The second-order valence-corrected chi connectivity index (χ2v) is 17.1. The second-order valence-electron chi connectivity index (χ2n) is 17.1. The SMILES string of the molecule is CO[C@H]1O[C@H](CO[C@H]2O[C@H](COCc3ccccc3)[C@H](OCc3ccccc3)[C@H](OCc3ccccc3)[C@H]2C[N+](=O)[O-])[C@@H](OC(=O)c2ccccc2)[C@H](OC(=O)c2ccccc2)[C@@H]1OC(=O)c1ccccc1. The molecule has 2 fully saturated rings. The first-order valence-corrected chi connectivity index (χ1v) is 23.5. The number of nitrogens with zero attached hydrogens (tertiary/aromatic N) is 1. The van der Waals surface area contributed by atoms with Crippen molar-refractivity contribution in [2.45, 2.75) is 75.1 Å². The van der Waals surface area contributed by atoms with Crippen LogP contribution in [-0.4, -0.2) is 105 Å². The minimum Gasteiger partial charge on any atom is -0.452 e. The summed E-state index contributed by atoms with van der Waals surface area (Å²) in [6, 6.07) is 52.7. The lowest BCUT2D eigenvalue weighted by molar-refractivity contribution is -0.503. The third kappa shape index (κ3) is 13.8. The molecule has 6 aromatic rings. The molecule has 374 valence electrons. The molecule has 0 radical (unpaired) electrons. The van der Waals surface area contributed by atoms with Crippen molar-refractivity contribution >= 4 is 17.9 Å². The molecular weight excluding hydrogens is 927 g/mol. The molecule has 0 N–H and O–H groups in total. The van der Waals surface area contributed by atoms with Gasteiger partial charge < -0.3 is 47.4 Å². The maximum Gasteiger partial charge on any atom is 0.338 e. The monoisotopic (exact) mass is 981 g/mol. The number of benzene rings is 6. The lowest BCUT2D eigenvalue weighted by atomic mass is 9.90. The topological polar surface area (TPSA) is 187 Å². The van der Waals surface area contributed by atoms with Crippen molar-refractivity contribution in [3.05, 3.63) is 225 Å². The van der Waals surface area contributed by atoms with Crippen molar-refractivity contribution in [1.82, 2.24) is 0 Å². The van der Waals surface area contributed by atoms with E-state index in [1.165, 1.54) is 31.4 Å². The standard InChI is InChI=1S/C56H55NO15/c1-63-56-51(72-54(60)43-30-18-7-19-31-43)50(71-53(59)42-28-16-6-17-29-42)49(70-52(58)41-26-14-5-15-27-41)46(69-56)37-67-55-44(32-57(61)62)47(65-34-39-22-10-3-11-23-39)48(66-35-40-24-12-4-13-25-40)45(68-55)36-64-33-38-20-8-2-9-21-38/h2-31,44-51,55-56H,32-37H2,1H3/t44-,45-,46-,47-,48+,49-,50+,51+,55+,56+/m1/s1. The molecule has 0 amide bonds. The van der Waals surface area contributed by atoms with Crippen LogP contribution in [0.2, 0.25) is 0 Å². The van der Waals surface area contributed by atoms with Crippen LogP contribution in [0.1, 0.15) is 47.8 Å². The molecule has 2 saturated heterocycles. The van der Waals surface area contributed by atoms with Gasteiger partial charge in [0.2, 0.25) is 6.54 Å². The molecule has 8 rings (SSSR count). The molecule has 0 aromatic heterocycles. The highest BCUT2D eigenvalue weighted by molar-refractivity contribution is 5.91. The summed E-state index contributed by atoms with van der Waals surface area (Å²) in [6.45, 7) is -0.824. The van der Waals surface area contributed by atoms with Crippen LogP contribution in [0.4, 0.5) is 0 Å². The summed E-state index contributed by atoms with van der Waals surface area (Å²) in [5.74, 6) is -3.59. The first-order valence-electron chi connectivity index (χ1n) is 23.5. The van der Waals surface area contributed by atoms with Crippen LogP contribution in [0.15, 0.2) is 182 Å². The van der Waals surface area contributed by atoms with Crippen LogP contribution < -0.4 is 0 Å². The van der Waals surface area contributed by atoms with E-state index >= 15 is 0 Å². The van der Waals surface area contributed by atoms with Crippen LogP contribution >= 0.6 is 0 Å². The van der Waals surface area contributed by atoms with E-state index in [1.54, 1.807) is 66.7 Å². The molecule has 72 heavy (non-hydrogen) atoms. The zero-order chi connectivity index (χ0) is 50.1. The molecule has 0 bridgehead atoms. The molecule has 0 unspecified atom stereocenters. The van der Waals surface area contributed by atoms with Crippen LogP contribution in [0.25, 0.3) is 0 Å². The molecule has 0 aliphatic carbocycles. The van der Waals surface area contributed by atoms with Gasteiger partial charge in [-0.2, -0.15) is 0 Å². The molecule has 2 aliphatic heterocycles. The van der Waals surface area contributed by atoms with E-state index in [0.717, 1.165) is 16.7 Å². The highest BCUT2D eigenvalue weighted by Crippen LogP contribution is 2.36. The minimum absolute atomic E-state index is 0.0421. The van der Waals surface area contributed by atoms with Crippen LogP contribution in [0.3, 0.4) is 0 Å². The van der Waals surface area contributed by atoms with Crippen LogP contribution in [0, 0.1) is 16.0 Å². The first kappa shape index (κ1) is 51.2. The van der Waals surface area contributed by atoms with Gasteiger partial charge >= 0.3 is 17.9 Å². The predicted octanol–water partition coefficient (Wildman–Crippen LogP) is 8.06. The highest BCUT2D eigenvalue weighted by Gasteiger charge is 2.55. The number of methoxy groups -OCH3 is 1. The molecule has 2 aliphatic rings. The third-order valence-electron chi connectivity index (χ3n) is 12.1. The minimum atomic E-state index is -1.58. The summed E-state index contributed by atoms with van der Waals surface area (Å²) in [4.78, 5) is 54.1. The molecule has 16 heteroatoms. The number of carbonyl (C=O) groups is 3. The van der Waals surface area contributed by atoms with Crippen molar-refractivity contribution in [2.75, 3.05) is 26.9 Å². The van der Waals surface area contributed by atoms with E-state index in [0.29, 0.717) is 0 Å². The van der Waals surface area contributed by atoms with Crippen LogP contribution in [0.5, 0.6) is 0 Å². The molecular formula is C56H55NO15. The van der Waals surface area contributed by atoms with E-state index in [4.69, 9.17) is 47.4 Å². The maximum absolute atomic E-state index is 14.1. The van der Waals surface area contributed by atoms with Gasteiger partial charge in [0.15, 0.2) is 30.9 Å². The lowest BCUT2D eigenvalue weighted by Gasteiger charge is -2.46.